The SMILES string of the molecule is c1ccc(-n2ccc(CSc3nnc(Cn4cncn4)o3)n2)cc1. The van der Waals surface area contributed by atoms with Crippen LogP contribution in [0.2, 0.25) is 0 Å². The number of nitrogens with zero attached hydrogens (tertiary/aromatic N) is 7. The van der Waals surface area contributed by atoms with Crippen LogP contribution in [-0.2, 0) is 12.3 Å². The molecule has 0 aliphatic carbocycles. The summed E-state index contributed by atoms with van der Waals surface area (Å²) in [7, 11) is 0. The van der Waals surface area contributed by atoms with Gasteiger partial charge >= 0.3 is 0 Å². The van der Waals surface area contributed by atoms with E-state index < -0.39 is 0 Å². The summed E-state index contributed by atoms with van der Waals surface area (Å²) in [5, 5.41) is 17.1. The van der Waals surface area contributed by atoms with Crippen molar-refractivity contribution in [3.63, 3.8) is 0 Å². The Morgan fingerprint density at radius 3 is 2.83 bits per heavy atom. The Balaban J connectivity index is 1.37. The normalized spacial score (nSPS) is 11.0. The van der Waals surface area contributed by atoms with Crippen molar-refractivity contribution in [3.8, 4) is 5.69 Å². The van der Waals surface area contributed by atoms with Gasteiger partial charge in [0.15, 0.2) is 0 Å². The molecule has 1 aromatic carbocycles. The van der Waals surface area contributed by atoms with Crippen LogP contribution in [0.15, 0.2) is 64.9 Å². The molecule has 8 nitrogen and oxygen atoms in total. The Hall–Kier alpha value is -2.94. The first-order chi connectivity index (χ1) is 11.9. The number of hydrogen-bond donors (Lipinski definition) is 0. The van der Waals surface area contributed by atoms with Crippen LogP contribution in [0.5, 0.6) is 0 Å². The highest BCUT2D eigenvalue weighted by molar-refractivity contribution is 7.98. The number of para-hydroxylation sites is 1. The summed E-state index contributed by atoms with van der Waals surface area (Å²) in [6.07, 6.45) is 5.01. The molecule has 0 atom stereocenters. The third-order valence-corrected chi connectivity index (χ3v) is 4.07. The van der Waals surface area contributed by atoms with Crippen molar-refractivity contribution in [2.45, 2.75) is 17.5 Å². The Bertz CT molecular complexity index is 901. The summed E-state index contributed by atoms with van der Waals surface area (Å²) in [5.41, 5.74) is 1.97. The van der Waals surface area contributed by atoms with Gasteiger partial charge in [-0.3, -0.25) is 0 Å². The maximum atomic E-state index is 5.59. The molecule has 0 amide bonds. The van der Waals surface area contributed by atoms with Gasteiger partial charge in [-0.05, 0) is 18.2 Å². The van der Waals surface area contributed by atoms with Gasteiger partial charge in [-0.1, -0.05) is 30.0 Å². The predicted molar refractivity (Wildman–Crippen MR) is 86.5 cm³/mol. The van der Waals surface area contributed by atoms with Crippen LogP contribution in [-0.4, -0.2) is 34.7 Å². The molecule has 9 heteroatoms. The maximum absolute atomic E-state index is 5.59. The number of rotatable bonds is 6. The molecule has 0 N–H and O–H groups in total. The third kappa shape index (κ3) is 3.35. The molecule has 0 saturated carbocycles. The summed E-state index contributed by atoms with van der Waals surface area (Å²) in [6, 6.07) is 12.0. The van der Waals surface area contributed by atoms with Crippen LogP contribution < -0.4 is 0 Å². The van der Waals surface area contributed by atoms with Crippen LogP contribution in [0.1, 0.15) is 11.6 Å². The first kappa shape index (κ1) is 14.6. The second-order valence-corrected chi connectivity index (χ2v) is 5.86. The van der Waals surface area contributed by atoms with Crippen molar-refractivity contribution in [2.75, 3.05) is 0 Å². The molecule has 3 aromatic heterocycles. The molecular weight excluding hydrogens is 326 g/mol. The fraction of sp³-hybridized carbons (Fsp3) is 0.133. The van der Waals surface area contributed by atoms with E-state index in [0.29, 0.717) is 23.4 Å². The average molecular weight is 339 g/mol. The monoisotopic (exact) mass is 339 g/mol. The molecule has 24 heavy (non-hydrogen) atoms. The van der Waals surface area contributed by atoms with Gasteiger partial charge in [0.05, 0.1) is 11.4 Å². The molecule has 4 aromatic rings. The minimum atomic E-state index is 0.413. The zero-order valence-electron chi connectivity index (χ0n) is 12.6. The van der Waals surface area contributed by atoms with E-state index in [0.717, 1.165) is 11.4 Å². The highest BCUT2D eigenvalue weighted by Gasteiger charge is 2.09. The Morgan fingerprint density at radius 1 is 1.08 bits per heavy atom. The summed E-state index contributed by atoms with van der Waals surface area (Å²) in [4.78, 5) is 3.87. The minimum Gasteiger partial charge on any atom is -0.414 e. The van der Waals surface area contributed by atoms with Crippen LogP contribution in [0.3, 0.4) is 0 Å². The van der Waals surface area contributed by atoms with E-state index in [9.17, 15) is 0 Å². The molecular formula is C15H13N7OS. The van der Waals surface area contributed by atoms with E-state index in [1.165, 1.54) is 18.1 Å². The first-order valence-electron chi connectivity index (χ1n) is 7.24. The minimum absolute atomic E-state index is 0.413. The average Bonchev–Trinajstić information content (AvgIpc) is 3.36. The van der Waals surface area contributed by atoms with Crippen molar-refractivity contribution in [1.29, 1.82) is 0 Å². The Labute approximate surface area is 141 Å². The lowest BCUT2D eigenvalue weighted by atomic mass is 10.3. The van der Waals surface area contributed by atoms with E-state index in [2.05, 4.69) is 25.4 Å². The van der Waals surface area contributed by atoms with E-state index in [4.69, 9.17) is 4.42 Å². The lowest BCUT2D eigenvalue weighted by Crippen LogP contribution is -1.99. The maximum Gasteiger partial charge on any atom is 0.277 e. The molecule has 0 aliphatic heterocycles. The van der Waals surface area contributed by atoms with Gasteiger partial charge in [0.2, 0.25) is 5.89 Å². The molecule has 0 radical (unpaired) electrons. The molecule has 0 fully saturated rings. The standard InChI is InChI=1S/C15H13N7OS/c1-2-4-13(5-3-1)22-7-6-12(20-22)9-24-15-19-18-14(23-15)8-21-11-16-10-17-21/h1-7,10-11H,8-9H2. The highest BCUT2D eigenvalue weighted by Crippen LogP contribution is 2.21. The topological polar surface area (TPSA) is 87.5 Å². The van der Waals surface area contributed by atoms with Crippen molar-refractivity contribution in [3.05, 3.63) is 66.8 Å². The summed E-state index contributed by atoms with van der Waals surface area (Å²) < 4.78 is 9.06. The number of hydrogen-bond acceptors (Lipinski definition) is 7. The van der Waals surface area contributed by atoms with E-state index >= 15 is 0 Å². The molecule has 0 bridgehead atoms. The molecule has 120 valence electrons. The van der Waals surface area contributed by atoms with Gasteiger partial charge in [-0.2, -0.15) is 10.2 Å². The van der Waals surface area contributed by atoms with Crippen LogP contribution in [0.25, 0.3) is 5.69 Å². The van der Waals surface area contributed by atoms with E-state index in [1.807, 2.05) is 47.3 Å². The van der Waals surface area contributed by atoms with Crippen LogP contribution >= 0.6 is 11.8 Å². The Kier molecular flexibility index (Phi) is 4.07. The Morgan fingerprint density at radius 2 is 2.00 bits per heavy atom. The molecule has 0 saturated heterocycles. The van der Waals surface area contributed by atoms with Crippen molar-refractivity contribution in [1.82, 2.24) is 34.7 Å². The summed E-state index contributed by atoms with van der Waals surface area (Å²) in [5.74, 6) is 1.16. The van der Waals surface area contributed by atoms with Gasteiger partial charge in [-0.15, -0.1) is 10.2 Å². The van der Waals surface area contributed by atoms with Crippen molar-refractivity contribution < 1.29 is 4.42 Å². The van der Waals surface area contributed by atoms with Crippen LogP contribution in [0, 0.1) is 0 Å². The first-order valence-corrected chi connectivity index (χ1v) is 8.23. The van der Waals surface area contributed by atoms with Gasteiger partial charge in [0, 0.05) is 11.9 Å². The smallest absolute Gasteiger partial charge is 0.277 e. The van der Waals surface area contributed by atoms with Gasteiger partial charge in [0.1, 0.15) is 19.2 Å². The quantitative estimate of drug-likeness (QED) is 0.498. The second kappa shape index (κ2) is 6.67. The number of benzene rings is 1. The summed E-state index contributed by atoms with van der Waals surface area (Å²) >= 11 is 1.45. The number of aromatic nitrogens is 7. The molecule has 4 rings (SSSR count). The largest absolute Gasteiger partial charge is 0.414 e. The molecule has 0 aliphatic rings. The third-order valence-electron chi connectivity index (χ3n) is 3.22. The van der Waals surface area contributed by atoms with Crippen LogP contribution in [0.4, 0.5) is 0 Å². The molecule has 0 spiro atoms. The van der Waals surface area contributed by atoms with Crippen molar-refractivity contribution in [2.24, 2.45) is 0 Å². The van der Waals surface area contributed by atoms with Gasteiger partial charge < -0.3 is 4.42 Å². The van der Waals surface area contributed by atoms with E-state index in [1.54, 1.807) is 11.0 Å². The van der Waals surface area contributed by atoms with Crippen molar-refractivity contribution >= 4 is 11.8 Å². The second-order valence-electron chi connectivity index (χ2n) is 4.93. The molecule has 0 unspecified atom stereocenters. The summed E-state index contributed by atoms with van der Waals surface area (Å²) in [6.45, 7) is 0.413. The fourth-order valence-corrected chi connectivity index (χ4v) is 2.79. The number of thioether (sulfide) groups is 1. The van der Waals surface area contributed by atoms with E-state index in [-0.39, 0.29) is 0 Å². The fourth-order valence-electron chi connectivity index (χ4n) is 2.11. The van der Waals surface area contributed by atoms with Gasteiger partial charge in [-0.25, -0.2) is 14.3 Å². The van der Waals surface area contributed by atoms with Gasteiger partial charge in [0.25, 0.3) is 5.22 Å². The lowest BCUT2D eigenvalue weighted by molar-refractivity contribution is 0.397. The lowest BCUT2D eigenvalue weighted by Gasteiger charge is -1.99. The zero-order chi connectivity index (χ0) is 16.2. The molecule has 3 heterocycles. The zero-order valence-corrected chi connectivity index (χ0v) is 13.4. The predicted octanol–water partition coefficient (Wildman–Crippen LogP) is 2.19. The highest BCUT2D eigenvalue weighted by atomic mass is 32.2.